The maximum Gasteiger partial charge on any atom is 0.326 e. The highest BCUT2D eigenvalue weighted by Gasteiger charge is 2.21. The Bertz CT molecular complexity index is 1320. The fraction of sp³-hybridized carbons (Fsp3) is 0.467. The number of aromatic nitrogens is 4. The summed E-state index contributed by atoms with van der Waals surface area (Å²) in [6.07, 6.45) is 8.50. The van der Waals surface area contributed by atoms with Crippen molar-refractivity contribution in [2.75, 3.05) is 50.9 Å². The molecular weight excluding hydrogens is 520 g/mol. The predicted molar refractivity (Wildman–Crippen MR) is 159 cm³/mol. The monoisotopic (exact) mass is 560 g/mol. The molecule has 0 radical (unpaired) electrons. The highest BCUT2D eigenvalue weighted by molar-refractivity contribution is 5.78. The van der Waals surface area contributed by atoms with Gasteiger partial charge >= 0.3 is 5.97 Å². The second kappa shape index (κ2) is 14.5. The highest BCUT2D eigenvalue weighted by atomic mass is 16.4. The summed E-state index contributed by atoms with van der Waals surface area (Å²) in [5, 5.41) is 16.4. The molecule has 3 aromatic heterocycles. The molecule has 0 aliphatic carbocycles. The number of fused-ring (bicyclic) bond motifs is 1. The van der Waals surface area contributed by atoms with Gasteiger partial charge in [0.2, 0.25) is 5.91 Å². The van der Waals surface area contributed by atoms with Gasteiger partial charge in [0.25, 0.3) is 0 Å². The van der Waals surface area contributed by atoms with Crippen LogP contribution in [0, 0.1) is 6.92 Å². The molecule has 1 atom stereocenters. The van der Waals surface area contributed by atoms with Gasteiger partial charge in [-0.05, 0) is 75.8 Å². The summed E-state index contributed by atoms with van der Waals surface area (Å²) < 4.78 is 0. The molecule has 0 saturated heterocycles. The van der Waals surface area contributed by atoms with Gasteiger partial charge < -0.3 is 20.6 Å². The largest absolute Gasteiger partial charge is 0.480 e. The third-order valence-electron chi connectivity index (χ3n) is 7.11. The molecule has 41 heavy (non-hydrogen) atoms. The van der Waals surface area contributed by atoms with E-state index in [4.69, 9.17) is 4.98 Å². The molecule has 0 fully saturated rings. The number of aliphatic carboxylic acids is 1. The number of carbonyl (C=O) groups excluding carboxylic acids is 1. The number of likely N-dealkylation sites (N-methyl/N-ethyl adjacent to an activating group) is 1. The number of pyridine rings is 2. The topological polar surface area (TPSA) is 136 Å². The number of nitrogens with one attached hydrogen (secondary N) is 2. The first-order valence-corrected chi connectivity index (χ1v) is 14.2. The quantitative estimate of drug-likeness (QED) is 0.252. The second-order valence-corrected chi connectivity index (χ2v) is 10.6. The maximum atomic E-state index is 12.5. The van der Waals surface area contributed by atoms with Crippen molar-refractivity contribution >= 4 is 23.5 Å². The zero-order chi connectivity index (χ0) is 29.2. The Morgan fingerprint density at radius 1 is 1.07 bits per heavy atom. The third kappa shape index (κ3) is 8.94. The summed E-state index contributed by atoms with van der Waals surface area (Å²) in [5.41, 5.74) is 3.87. The van der Waals surface area contributed by atoms with Crippen LogP contribution in [0.1, 0.15) is 42.6 Å². The molecule has 218 valence electrons. The lowest BCUT2D eigenvalue weighted by atomic mass is 10.1. The van der Waals surface area contributed by atoms with Crippen molar-refractivity contribution < 1.29 is 14.7 Å². The minimum absolute atomic E-state index is 0.0133. The van der Waals surface area contributed by atoms with E-state index in [1.165, 1.54) is 5.56 Å². The average molecular weight is 561 g/mol. The SMILES string of the molecule is Cc1cc(NC(CCN(CCCCc2ccc3c(n2)NCCC3)CC(=O)N(C)C)C(=O)O)nc(-c2ccncc2)n1. The van der Waals surface area contributed by atoms with Crippen molar-refractivity contribution in [1.29, 1.82) is 0 Å². The lowest BCUT2D eigenvalue weighted by Gasteiger charge is -2.25. The van der Waals surface area contributed by atoms with Crippen LogP contribution < -0.4 is 10.6 Å². The first-order chi connectivity index (χ1) is 19.8. The smallest absolute Gasteiger partial charge is 0.326 e. The van der Waals surface area contributed by atoms with Crippen molar-refractivity contribution in [3.8, 4) is 11.4 Å². The van der Waals surface area contributed by atoms with Crippen LogP contribution in [0.2, 0.25) is 0 Å². The van der Waals surface area contributed by atoms with Crippen LogP contribution in [0.15, 0.2) is 42.7 Å². The van der Waals surface area contributed by atoms with Crippen LogP contribution in [0.4, 0.5) is 11.6 Å². The normalized spacial score (nSPS) is 13.3. The van der Waals surface area contributed by atoms with E-state index in [-0.39, 0.29) is 12.5 Å². The van der Waals surface area contributed by atoms with Crippen LogP contribution in [-0.4, -0.2) is 93.0 Å². The Kier molecular flexibility index (Phi) is 10.6. The van der Waals surface area contributed by atoms with Crippen molar-refractivity contribution in [2.24, 2.45) is 0 Å². The van der Waals surface area contributed by atoms with Gasteiger partial charge in [-0.2, -0.15) is 0 Å². The number of carbonyl (C=O) groups is 2. The number of carboxylic acids is 1. The standard InChI is InChI=1S/C30H40N8O3/c1-21-19-26(36-29(33-21)23-11-15-31-16-12-23)35-25(30(40)41)13-18-38(20-27(39)37(2)3)17-5-4-8-24-10-9-22-7-6-14-32-28(22)34-24/h9-12,15-16,19,25H,4-8,13-14,17-18,20H2,1-3H3,(H,32,34)(H,40,41)(H,33,35,36). The van der Waals surface area contributed by atoms with Crippen molar-refractivity contribution in [3.05, 3.63) is 59.7 Å². The van der Waals surface area contributed by atoms with Gasteiger partial charge in [-0.3, -0.25) is 14.7 Å². The first-order valence-electron chi connectivity index (χ1n) is 14.2. The number of aryl methyl sites for hydroxylation is 3. The van der Waals surface area contributed by atoms with E-state index in [2.05, 4.69) is 37.7 Å². The van der Waals surface area contributed by atoms with Crippen LogP contribution >= 0.6 is 0 Å². The number of hydrogen-bond acceptors (Lipinski definition) is 9. The zero-order valence-corrected chi connectivity index (χ0v) is 24.1. The van der Waals surface area contributed by atoms with Gasteiger partial charge in [0, 0.05) is 62.6 Å². The van der Waals surface area contributed by atoms with Crippen molar-refractivity contribution in [2.45, 2.75) is 51.5 Å². The molecule has 3 aromatic rings. The fourth-order valence-corrected chi connectivity index (χ4v) is 4.77. The molecule has 1 aliphatic rings. The Hall–Kier alpha value is -4.12. The number of rotatable bonds is 14. The van der Waals surface area contributed by atoms with E-state index in [0.717, 1.165) is 61.4 Å². The number of carboxylic acid groups (broad SMARTS) is 1. The molecular formula is C30H40N8O3. The zero-order valence-electron chi connectivity index (χ0n) is 24.1. The molecule has 0 aromatic carbocycles. The number of nitrogens with zero attached hydrogens (tertiary/aromatic N) is 6. The fourth-order valence-electron chi connectivity index (χ4n) is 4.77. The number of amides is 1. The van der Waals surface area contributed by atoms with Gasteiger partial charge in [0.05, 0.1) is 6.54 Å². The van der Waals surface area contributed by atoms with Gasteiger partial charge in [-0.1, -0.05) is 6.07 Å². The second-order valence-electron chi connectivity index (χ2n) is 10.6. The molecule has 1 aliphatic heterocycles. The lowest BCUT2D eigenvalue weighted by Crippen LogP contribution is -2.40. The van der Waals surface area contributed by atoms with Crippen molar-refractivity contribution in [1.82, 2.24) is 29.7 Å². The molecule has 4 heterocycles. The van der Waals surface area contributed by atoms with Crippen LogP contribution in [-0.2, 0) is 22.4 Å². The van der Waals surface area contributed by atoms with Gasteiger partial charge in [-0.25, -0.2) is 19.7 Å². The lowest BCUT2D eigenvalue weighted by molar-refractivity contribution is -0.138. The van der Waals surface area contributed by atoms with E-state index < -0.39 is 12.0 Å². The van der Waals surface area contributed by atoms with E-state index in [1.54, 1.807) is 37.5 Å². The van der Waals surface area contributed by atoms with E-state index in [1.807, 2.05) is 24.0 Å². The van der Waals surface area contributed by atoms with Crippen LogP contribution in [0.3, 0.4) is 0 Å². The minimum atomic E-state index is -0.974. The summed E-state index contributed by atoms with van der Waals surface area (Å²) in [6, 6.07) is 8.76. The van der Waals surface area contributed by atoms with E-state index in [0.29, 0.717) is 31.2 Å². The summed E-state index contributed by atoms with van der Waals surface area (Å²) in [5.74, 6) is 0.963. The Morgan fingerprint density at radius 3 is 2.63 bits per heavy atom. The van der Waals surface area contributed by atoms with Crippen LogP contribution in [0.5, 0.6) is 0 Å². The molecule has 11 nitrogen and oxygen atoms in total. The molecule has 3 N–H and O–H groups in total. The average Bonchev–Trinajstić information content (AvgIpc) is 2.97. The Labute approximate surface area is 241 Å². The first kappa shape index (κ1) is 29.9. The maximum absolute atomic E-state index is 12.5. The van der Waals surface area contributed by atoms with Gasteiger partial charge in [0.15, 0.2) is 5.82 Å². The summed E-state index contributed by atoms with van der Waals surface area (Å²) in [7, 11) is 3.46. The Balaban J connectivity index is 1.35. The third-order valence-corrected chi connectivity index (χ3v) is 7.11. The molecule has 0 saturated carbocycles. The minimum Gasteiger partial charge on any atom is -0.480 e. The molecule has 0 bridgehead atoms. The molecule has 4 rings (SSSR count). The van der Waals surface area contributed by atoms with Gasteiger partial charge in [0.1, 0.15) is 17.7 Å². The Morgan fingerprint density at radius 2 is 1.88 bits per heavy atom. The van der Waals surface area contributed by atoms with Gasteiger partial charge in [-0.15, -0.1) is 0 Å². The summed E-state index contributed by atoms with van der Waals surface area (Å²) >= 11 is 0. The predicted octanol–water partition coefficient (Wildman–Crippen LogP) is 3.27. The molecule has 1 amide bonds. The molecule has 0 spiro atoms. The van der Waals surface area contributed by atoms with Crippen LogP contribution in [0.25, 0.3) is 11.4 Å². The summed E-state index contributed by atoms with van der Waals surface area (Å²) in [4.78, 5) is 46.2. The number of unbranched alkanes of at least 4 members (excludes halogenated alkanes) is 1. The highest BCUT2D eigenvalue weighted by Crippen LogP contribution is 2.21. The van der Waals surface area contributed by atoms with Crippen molar-refractivity contribution in [3.63, 3.8) is 0 Å². The molecule has 1 unspecified atom stereocenters. The molecule has 11 heteroatoms. The number of anilines is 2. The van der Waals surface area contributed by atoms with E-state index >= 15 is 0 Å². The van der Waals surface area contributed by atoms with E-state index in [9.17, 15) is 14.7 Å². The summed E-state index contributed by atoms with van der Waals surface area (Å²) in [6.45, 7) is 4.18. The number of hydrogen-bond donors (Lipinski definition) is 3.